The van der Waals surface area contributed by atoms with Crippen molar-refractivity contribution in [2.24, 2.45) is 0 Å². The monoisotopic (exact) mass is 242 g/mol. The van der Waals surface area contributed by atoms with Gasteiger partial charge in [-0.2, -0.15) is 0 Å². The van der Waals surface area contributed by atoms with E-state index < -0.39 is 0 Å². The molecule has 4 nitrogen and oxygen atoms in total. The van der Waals surface area contributed by atoms with Gasteiger partial charge in [-0.25, -0.2) is 4.98 Å². The second kappa shape index (κ2) is 5.23. The highest BCUT2D eigenvalue weighted by molar-refractivity contribution is 5.29. The summed E-state index contributed by atoms with van der Waals surface area (Å²) in [5.74, 6) is 0.995. The van der Waals surface area contributed by atoms with Crippen molar-refractivity contribution >= 4 is 5.95 Å². The molecule has 0 spiro atoms. The zero-order valence-electron chi connectivity index (χ0n) is 10.4. The summed E-state index contributed by atoms with van der Waals surface area (Å²) in [5.41, 5.74) is 1.39. The summed E-state index contributed by atoms with van der Waals surface area (Å²) in [5, 5.41) is 0. The van der Waals surface area contributed by atoms with Gasteiger partial charge in [-0.15, -0.1) is 0 Å². The Hall–Kier alpha value is -1.81. The number of imidazole rings is 1. The van der Waals surface area contributed by atoms with Crippen molar-refractivity contribution in [1.29, 1.82) is 0 Å². The minimum absolute atomic E-state index is 0.995. The van der Waals surface area contributed by atoms with Crippen LogP contribution in [0.25, 0.3) is 0 Å². The van der Waals surface area contributed by atoms with E-state index in [1.807, 2.05) is 12.4 Å². The van der Waals surface area contributed by atoms with Gasteiger partial charge in [0.05, 0.1) is 0 Å². The first kappa shape index (κ1) is 11.3. The topological polar surface area (TPSA) is 35.2 Å². The molecule has 1 N–H and O–H groups in total. The maximum absolute atomic E-state index is 4.30. The molecule has 18 heavy (non-hydrogen) atoms. The highest BCUT2D eigenvalue weighted by atomic mass is 15.3. The van der Waals surface area contributed by atoms with Gasteiger partial charge >= 0.3 is 0 Å². The number of piperazine rings is 1. The average Bonchev–Trinajstić information content (AvgIpc) is 2.95. The summed E-state index contributed by atoms with van der Waals surface area (Å²) in [4.78, 5) is 12.3. The average molecular weight is 242 g/mol. The van der Waals surface area contributed by atoms with Crippen LogP contribution < -0.4 is 4.90 Å². The molecule has 1 fully saturated rings. The van der Waals surface area contributed by atoms with Gasteiger partial charge in [0.15, 0.2) is 0 Å². The molecule has 1 aliphatic heterocycles. The van der Waals surface area contributed by atoms with E-state index in [1.54, 1.807) is 0 Å². The lowest BCUT2D eigenvalue weighted by Gasteiger charge is -2.34. The zero-order chi connectivity index (χ0) is 12.2. The van der Waals surface area contributed by atoms with Gasteiger partial charge in [0.2, 0.25) is 5.95 Å². The minimum Gasteiger partial charge on any atom is -0.340 e. The summed E-state index contributed by atoms with van der Waals surface area (Å²) >= 11 is 0. The van der Waals surface area contributed by atoms with Gasteiger partial charge in [0.1, 0.15) is 0 Å². The van der Waals surface area contributed by atoms with E-state index in [9.17, 15) is 0 Å². The number of nitrogens with one attached hydrogen (secondary N) is 1. The number of benzene rings is 1. The number of aromatic amines is 1. The summed E-state index contributed by atoms with van der Waals surface area (Å²) in [6, 6.07) is 10.7. The molecule has 2 aromatic rings. The molecule has 1 aliphatic rings. The molecule has 0 radical (unpaired) electrons. The maximum atomic E-state index is 4.30. The Morgan fingerprint density at radius 3 is 2.50 bits per heavy atom. The molecular formula is C14H18N4. The van der Waals surface area contributed by atoms with Crippen LogP contribution in [0, 0.1) is 0 Å². The van der Waals surface area contributed by atoms with Gasteiger partial charge in [-0.3, -0.25) is 4.90 Å². The Morgan fingerprint density at radius 2 is 1.83 bits per heavy atom. The first-order valence-electron chi connectivity index (χ1n) is 6.42. The predicted molar refractivity (Wildman–Crippen MR) is 72.5 cm³/mol. The highest BCUT2D eigenvalue weighted by Gasteiger charge is 2.18. The van der Waals surface area contributed by atoms with E-state index in [-0.39, 0.29) is 0 Å². The Kier molecular flexibility index (Phi) is 3.28. The van der Waals surface area contributed by atoms with Crippen molar-refractivity contribution in [3.8, 4) is 0 Å². The highest BCUT2D eigenvalue weighted by Crippen LogP contribution is 2.12. The second-order valence-corrected chi connectivity index (χ2v) is 4.66. The fraction of sp³-hybridized carbons (Fsp3) is 0.357. The fourth-order valence-electron chi connectivity index (χ4n) is 2.39. The van der Waals surface area contributed by atoms with Crippen molar-refractivity contribution in [1.82, 2.24) is 14.9 Å². The first-order chi connectivity index (χ1) is 8.92. The van der Waals surface area contributed by atoms with Crippen molar-refractivity contribution in [3.05, 3.63) is 48.3 Å². The van der Waals surface area contributed by atoms with E-state index >= 15 is 0 Å². The smallest absolute Gasteiger partial charge is 0.202 e. The number of anilines is 1. The van der Waals surface area contributed by atoms with Crippen molar-refractivity contribution in [2.45, 2.75) is 6.54 Å². The van der Waals surface area contributed by atoms with Crippen molar-refractivity contribution in [2.75, 3.05) is 31.1 Å². The molecule has 1 saturated heterocycles. The van der Waals surface area contributed by atoms with Gasteiger partial charge < -0.3 is 9.88 Å². The van der Waals surface area contributed by atoms with Gasteiger partial charge in [0.25, 0.3) is 0 Å². The molecule has 1 aromatic carbocycles. The quantitative estimate of drug-likeness (QED) is 0.890. The maximum Gasteiger partial charge on any atom is 0.202 e. The number of hydrogen-bond donors (Lipinski definition) is 1. The molecule has 0 amide bonds. The van der Waals surface area contributed by atoms with E-state index in [1.165, 1.54) is 5.56 Å². The lowest BCUT2D eigenvalue weighted by Crippen LogP contribution is -2.46. The number of H-pyrrole nitrogens is 1. The second-order valence-electron chi connectivity index (χ2n) is 4.66. The van der Waals surface area contributed by atoms with E-state index in [0.717, 1.165) is 38.7 Å². The van der Waals surface area contributed by atoms with E-state index in [4.69, 9.17) is 0 Å². The third kappa shape index (κ3) is 2.54. The molecule has 3 rings (SSSR count). The summed E-state index contributed by atoms with van der Waals surface area (Å²) < 4.78 is 0. The van der Waals surface area contributed by atoms with Crippen LogP contribution in [0.3, 0.4) is 0 Å². The molecule has 0 saturated carbocycles. The fourth-order valence-corrected chi connectivity index (χ4v) is 2.39. The third-order valence-corrected chi connectivity index (χ3v) is 3.40. The minimum atomic E-state index is 0.995. The normalized spacial score (nSPS) is 17.0. The van der Waals surface area contributed by atoms with E-state index in [0.29, 0.717) is 0 Å². The van der Waals surface area contributed by atoms with Gasteiger partial charge in [-0.1, -0.05) is 30.3 Å². The van der Waals surface area contributed by atoms with Crippen LogP contribution in [0.4, 0.5) is 5.95 Å². The lowest BCUT2D eigenvalue weighted by atomic mass is 10.2. The zero-order valence-corrected chi connectivity index (χ0v) is 10.4. The molecule has 0 bridgehead atoms. The summed E-state index contributed by atoms with van der Waals surface area (Å²) in [6.45, 7) is 5.32. The standard InChI is InChI=1S/C14H18N4/c1-2-4-13(5-3-1)12-17-8-10-18(11-9-17)14-15-6-7-16-14/h1-7H,8-12H2,(H,15,16). The van der Waals surface area contributed by atoms with Crippen LogP contribution in [0.2, 0.25) is 0 Å². The molecule has 4 heteroatoms. The van der Waals surface area contributed by atoms with Gasteiger partial charge in [0, 0.05) is 45.1 Å². The molecule has 94 valence electrons. The Morgan fingerprint density at radius 1 is 1.06 bits per heavy atom. The SMILES string of the molecule is c1ccc(CN2CCN(c3ncc[nH]3)CC2)cc1. The summed E-state index contributed by atoms with van der Waals surface area (Å²) in [7, 11) is 0. The molecule has 0 aliphatic carbocycles. The van der Waals surface area contributed by atoms with E-state index in [2.05, 4.69) is 50.1 Å². The third-order valence-electron chi connectivity index (χ3n) is 3.40. The first-order valence-corrected chi connectivity index (χ1v) is 6.42. The Labute approximate surface area is 107 Å². The summed E-state index contributed by atoms with van der Waals surface area (Å²) in [6.07, 6.45) is 3.69. The molecular weight excluding hydrogens is 224 g/mol. The number of hydrogen-bond acceptors (Lipinski definition) is 3. The van der Waals surface area contributed by atoms with Crippen LogP contribution in [-0.2, 0) is 6.54 Å². The van der Waals surface area contributed by atoms with Gasteiger partial charge in [-0.05, 0) is 5.56 Å². The number of rotatable bonds is 3. The largest absolute Gasteiger partial charge is 0.340 e. The van der Waals surface area contributed by atoms with Crippen LogP contribution in [0.5, 0.6) is 0 Å². The van der Waals surface area contributed by atoms with Crippen LogP contribution in [-0.4, -0.2) is 41.0 Å². The molecule has 2 heterocycles. The Balaban J connectivity index is 1.54. The number of aromatic nitrogens is 2. The lowest BCUT2D eigenvalue weighted by molar-refractivity contribution is 0.249. The predicted octanol–water partition coefficient (Wildman–Crippen LogP) is 1.73. The number of nitrogens with zero attached hydrogens (tertiary/aromatic N) is 3. The van der Waals surface area contributed by atoms with Crippen molar-refractivity contribution < 1.29 is 0 Å². The van der Waals surface area contributed by atoms with Crippen LogP contribution in [0.1, 0.15) is 5.56 Å². The molecule has 0 unspecified atom stereocenters. The molecule has 1 aromatic heterocycles. The Bertz CT molecular complexity index is 458. The van der Waals surface area contributed by atoms with Crippen molar-refractivity contribution in [3.63, 3.8) is 0 Å². The van der Waals surface area contributed by atoms with Crippen LogP contribution >= 0.6 is 0 Å². The van der Waals surface area contributed by atoms with Crippen LogP contribution in [0.15, 0.2) is 42.7 Å². The molecule has 0 atom stereocenters.